The van der Waals surface area contributed by atoms with Gasteiger partial charge in [-0.2, -0.15) is 0 Å². The molecule has 1 aromatic rings. The molecular formula is C30H34N2. The van der Waals surface area contributed by atoms with E-state index in [-0.39, 0.29) is 0 Å². The Bertz CT molecular complexity index is 1100. The maximum absolute atomic E-state index is 2.57. The predicted octanol–water partition coefficient (Wildman–Crippen LogP) is 7.48. The average molecular weight is 423 g/mol. The van der Waals surface area contributed by atoms with E-state index in [1.165, 1.54) is 39.4 Å². The molecule has 0 spiro atoms. The van der Waals surface area contributed by atoms with Gasteiger partial charge in [0.2, 0.25) is 0 Å². The Labute approximate surface area is 193 Å². The number of benzene rings is 1. The molecule has 0 saturated heterocycles. The van der Waals surface area contributed by atoms with Gasteiger partial charge in [0.25, 0.3) is 0 Å². The molecule has 0 amide bonds. The van der Waals surface area contributed by atoms with Crippen LogP contribution in [0, 0.1) is 5.92 Å². The van der Waals surface area contributed by atoms with Gasteiger partial charge in [-0.3, -0.25) is 0 Å². The van der Waals surface area contributed by atoms with Crippen LogP contribution in [0.25, 0.3) is 5.57 Å². The number of allylic oxidation sites excluding steroid dienone is 13. The quantitative estimate of drug-likeness (QED) is 0.496. The Morgan fingerprint density at radius 1 is 1.03 bits per heavy atom. The first kappa shape index (κ1) is 20.9. The molecule has 3 aliphatic carbocycles. The molecule has 5 rings (SSSR count). The zero-order valence-corrected chi connectivity index (χ0v) is 19.6. The number of hydrogen-bond donors (Lipinski definition) is 0. The summed E-state index contributed by atoms with van der Waals surface area (Å²) in [7, 11) is 2.24. The third kappa shape index (κ3) is 3.83. The highest BCUT2D eigenvalue weighted by molar-refractivity contribution is 5.87. The highest BCUT2D eigenvalue weighted by Crippen LogP contribution is 2.44. The normalized spacial score (nSPS) is 22.4. The van der Waals surface area contributed by atoms with E-state index in [0.29, 0.717) is 11.8 Å². The molecule has 0 fully saturated rings. The van der Waals surface area contributed by atoms with Gasteiger partial charge >= 0.3 is 0 Å². The second kappa shape index (κ2) is 8.86. The molecule has 0 N–H and O–H groups in total. The standard InChI is InChI=1S/C30H34N2/c1-22(2)24-14-7-8-15-25(20-24)27-17-11-16-26(23-12-5-4-6-13-23)30(27)32-21-31(3)28-18-9-10-19-29(28)32/h4-6,8,10-12,14-17,19-20,22-23H,7,9,13,18,21H2,1-3H3. The number of anilines is 1. The molecule has 32 heavy (non-hydrogen) atoms. The Balaban J connectivity index is 1.69. The van der Waals surface area contributed by atoms with Gasteiger partial charge in [-0.15, -0.1) is 0 Å². The average Bonchev–Trinajstić information content (AvgIpc) is 2.99. The van der Waals surface area contributed by atoms with Crippen molar-refractivity contribution in [3.8, 4) is 0 Å². The molecule has 1 heterocycles. The first-order valence-electron chi connectivity index (χ1n) is 12.1. The van der Waals surface area contributed by atoms with Gasteiger partial charge in [0.1, 0.15) is 0 Å². The van der Waals surface area contributed by atoms with Crippen LogP contribution in [0.4, 0.5) is 5.69 Å². The van der Waals surface area contributed by atoms with Crippen molar-refractivity contribution in [1.29, 1.82) is 0 Å². The number of rotatable bonds is 4. The van der Waals surface area contributed by atoms with Gasteiger partial charge in [0.15, 0.2) is 0 Å². The summed E-state index contributed by atoms with van der Waals surface area (Å²) in [6.45, 7) is 5.50. The molecule has 1 aromatic carbocycles. The van der Waals surface area contributed by atoms with Crippen molar-refractivity contribution in [2.75, 3.05) is 18.6 Å². The maximum Gasteiger partial charge on any atom is 0.0947 e. The number of para-hydroxylation sites is 1. The molecule has 1 atom stereocenters. The fraction of sp³-hybridized carbons (Fsp3) is 0.333. The van der Waals surface area contributed by atoms with Crippen LogP contribution in [0.5, 0.6) is 0 Å². The Hall–Kier alpha value is -3.00. The van der Waals surface area contributed by atoms with Crippen molar-refractivity contribution in [1.82, 2.24) is 4.90 Å². The molecular weight excluding hydrogens is 388 g/mol. The minimum absolute atomic E-state index is 0.410. The van der Waals surface area contributed by atoms with Crippen LogP contribution in [0.1, 0.15) is 56.6 Å². The molecule has 0 aromatic heterocycles. The molecule has 164 valence electrons. The lowest BCUT2D eigenvalue weighted by atomic mass is 9.87. The number of nitrogens with zero attached hydrogens (tertiary/aromatic N) is 2. The largest absolute Gasteiger partial charge is 0.358 e. The molecule has 4 aliphatic rings. The summed E-state index contributed by atoms with van der Waals surface area (Å²) in [4.78, 5) is 5.01. The molecule has 1 aliphatic heterocycles. The summed E-state index contributed by atoms with van der Waals surface area (Å²) >= 11 is 0. The van der Waals surface area contributed by atoms with E-state index in [9.17, 15) is 0 Å². The van der Waals surface area contributed by atoms with Gasteiger partial charge < -0.3 is 9.80 Å². The van der Waals surface area contributed by atoms with E-state index in [0.717, 1.165) is 32.4 Å². The highest BCUT2D eigenvalue weighted by Gasteiger charge is 2.31. The van der Waals surface area contributed by atoms with E-state index in [1.54, 1.807) is 0 Å². The fourth-order valence-corrected chi connectivity index (χ4v) is 5.30. The van der Waals surface area contributed by atoms with Crippen LogP contribution in [0.15, 0.2) is 95.9 Å². The molecule has 0 radical (unpaired) electrons. The monoisotopic (exact) mass is 422 g/mol. The van der Waals surface area contributed by atoms with Crippen molar-refractivity contribution >= 4 is 11.3 Å². The summed E-state index contributed by atoms with van der Waals surface area (Å²) in [6.07, 6.45) is 27.5. The highest BCUT2D eigenvalue weighted by atomic mass is 15.4. The topological polar surface area (TPSA) is 6.48 Å². The lowest BCUT2D eigenvalue weighted by molar-refractivity contribution is 0.441. The second-order valence-electron chi connectivity index (χ2n) is 9.54. The van der Waals surface area contributed by atoms with Crippen LogP contribution in [0.3, 0.4) is 0 Å². The second-order valence-corrected chi connectivity index (χ2v) is 9.54. The van der Waals surface area contributed by atoms with Crippen molar-refractivity contribution in [3.05, 3.63) is 107 Å². The predicted molar refractivity (Wildman–Crippen MR) is 137 cm³/mol. The van der Waals surface area contributed by atoms with Crippen LogP contribution >= 0.6 is 0 Å². The minimum Gasteiger partial charge on any atom is -0.358 e. The van der Waals surface area contributed by atoms with Crippen molar-refractivity contribution in [2.45, 2.75) is 45.4 Å². The van der Waals surface area contributed by atoms with E-state index >= 15 is 0 Å². The summed E-state index contributed by atoms with van der Waals surface area (Å²) < 4.78 is 0. The third-order valence-electron chi connectivity index (χ3n) is 7.03. The van der Waals surface area contributed by atoms with Gasteiger partial charge in [0, 0.05) is 24.2 Å². The summed E-state index contributed by atoms with van der Waals surface area (Å²) in [5, 5.41) is 0. The maximum atomic E-state index is 2.57. The molecule has 2 nitrogen and oxygen atoms in total. The summed E-state index contributed by atoms with van der Waals surface area (Å²) in [6, 6.07) is 6.93. The first-order valence-corrected chi connectivity index (χ1v) is 12.1. The molecule has 1 unspecified atom stereocenters. The third-order valence-corrected chi connectivity index (χ3v) is 7.03. The van der Waals surface area contributed by atoms with Gasteiger partial charge in [-0.1, -0.05) is 86.7 Å². The van der Waals surface area contributed by atoms with Crippen LogP contribution in [-0.2, 0) is 0 Å². The Morgan fingerprint density at radius 3 is 2.75 bits per heavy atom. The lowest BCUT2D eigenvalue weighted by Crippen LogP contribution is -2.27. The smallest absolute Gasteiger partial charge is 0.0947 e. The lowest BCUT2D eigenvalue weighted by Gasteiger charge is -2.30. The van der Waals surface area contributed by atoms with Gasteiger partial charge in [-0.05, 0) is 54.4 Å². The first-order chi connectivity index (χ1) is 15.6. The van der Waals surface area contributed by atoms with Crippen LogP contribution < -0.4 is 4.90 Å². The zero-order valence-electron chi connectivity index (χ0n) is 19.6. The summed E-state index contributed by atoms with van der Waals surface area (Å²) in [5.74, 6) is 0.935. The Morgan fingerprint density at radius 2 is 1.94 bits per heavy atom. The van der Waals surface area contributed by atoms with Crippen molar-refractivity contribution < 1.29 is 0 Å². The van der Waals surface area contributed by atoms with Gasteiger partial charge in [-0.25, -0.2) is 0 Å². The van der Waals surface area contributed by atoms with Crippen molar-refractivity contribution in [2.24, 2.45) is 5.92 Å². The zero-order chi connectivity index (χ0) is 22.1. The van der Waals surface area contributed by atoms with E-state index in [2.05, 4.69) is 110 Å². The van der Waals surface area contributed by atoms with E-state index < -0.39 is 0 Å². The van der Waals surface area contributed by atoms with Crippen LogP contribution in [0.2, 0.25) is 0 Å². The van der Waals surface area contributed by atoms with Crippen molar-refractivity contribution in [3.63, 3.8) is 0 Å². The number of hydrogen-bond acceptors (Lipinski definition) is 2. The van der Waals surface area contributed by atoms with E-state index in [4.69, 9.17) is 0 Å². The fourth-order valence-electron chi connectivity index (χ4n) is 5.30. The molecule has 0 bridgehead atoms. The van der Waals surface area contributed by atoms with Crippen LogP contribution in [-0.4, -0.2) is 18.6 Å². The van der Waals surface area contributed by atoms with Gasteiger partial charge in [0.05, 0.1) is 18.1 Å². The summed E-state index contributed by atoms with van der Waals surface area (Å²) in [5.41, 5.74) is 9.75. The SMILES string of the molecule is CC(C)C1=CCC=CC(c2cccc(C3C=CC=CC3)c2N2CN(C)C3=C2C=CCC3)=C1. The molecule has 2 heteroatoms. The minimum atomic E-state index is 0.410. The Kier molecular flexibility index (Phi) is 5.78. The molecule has 0 saturated carbocycles. The van der Waals surface area contributed by atoms with E-state index in [1.807, 2.05) is 0 Å².